The third-order valence-electron chi connectivity index (χ3n) is 3.30. The van der Waals surface area contributed by atoms with Crippen LogP contribution < -0.4 is 11.1 Å². The molecule has 0 radical (unpaired) electrons. The molecule has 0 saturated heterocycles. The topological polar surface area (TPSA) is 55.9 Å². The Morgan fingerprint density at radius 1 is 1.45 bits per heavy atom. The Hall–Kier alpha value is -1.88. The molecule has 3 N–H and O–H groups in total. The van der Waals surface area contributed by atoms with Gasteiger partial charge in [0, 0.05) is 36.6 Å². The molecule has 0 bridgehead atoms. The third kappa shape index (κ3) is 3.17. The molecule has 106 valence electrons. The number of thiocarbonyl (C=S) groups is 1. The molecule has 0 aliphatic heterocycles. The van der Waals surface area contributed by atoms with E-state index in [1.807, 2.05) is 30.8 Å². The van der Waals surface area contributed by atoms with E-state index in [9.17, 15) is 0 Å². The van der Waals surface area contributed by atoms with Crippen molar-refractivity contribution in [1.29, 1.82) is 0 Å². The summed E-state index contributed by atoms with van der Waals surface area (Å²) in [7, 11) is 1.95. The van der Waals surface area contributed by atoms with Crippen molar-refractivity contribution in [2.75, 3.05) is 5.32 Å². The van der Waals surface area contributed by atoms with Crippen LogP contribution in [-0.4, -0.2) is 14.8 Å². The first kappa shape index (κ1) is 14.5. The zero-order valence-corrected chi connectivity index (χ0v) is 12.9. The largest absolute Gasteiger partial charge is 0.389 e. The maximum atomic E-state index is 5.67. The summed E-state index contributed by atoms with van der Waals surface area (Å²) < 4.78 is 1.86. The van der Waals surface area contributed by atoms with Gasteiger partial charge < -0.3 is 11.1 Å². The third-order valence-corrected chi connectivity index (χ3v) is 3.52. The van der Waals surface area contributed by atoms with Crippen molar-refractivity contribution < 1.29 is 0 Å². The number of nitrogens with zero attached hydrogens (tertiary/aromatic N) is 2. The lowest BCUT2D eigenvalue weighted by molar-refractivity contribution is 0.746. The lowest BCUT2D eigenvalue weighted by Gasteiger charge is -2.09. The summed E-state index contributed by atoms with van der Waals surface area (Å²) in [6.45, 7) is 4.90. The molecule has 5 heteroatoms. The minimum absolute atomic E-state index is 0.439. The van der Waals surface area contributed by atoms with Crippen LogP contribution in [0.4, 0.5) is 5.69 Å². The monoisotopic (exact) mass is 288 g/mol. The number of hydrogen-bond acceptors (Lipinski definition) is 3. The molecular formula is C15H20N4S. The van der Waals surface area contributed by atoms with Crippen LogP contribution in [0.2, 0.25) is 0 Å². The quantitative estimate of drug-likeness (QED) is 0.830. The van der Waals surface area contributed by atoms with Crippen LogP contribution in [0.5, 0.6) is 0 Å². The fourth-order valence-corrected chi connectivity index (χ4v) is 2.51. The average Bonchev–Trinajstić information content (AvgIpc) is 2.76. The van der Waals surface area contributed by atoms with Gasteiger partial charge in [0.25, 0.3) is 0 Å². The van der Waals surface area contributed by atoms with Gasteiger partial charge in [-0.1, -0.05) is 19.1 Å². The van der Waals surface area contributed by atoms with Gasteiger partial charge in [0.1, 0.15) is 4.99 Å². The van der Waals surface area contributed by atoms with E-state index < -0.39 is 0 Å². The summed E-state index contributed by atoms with van der Waals surface area (Å²) in [5.74, 6) is 0. The van der Waals surface area contributed by atoms with Gasteiger partial charge in [-0.25, -0.2) is 0 Å². The van der Waals surface area contributed by atoms with E-state index in [0.717, 1.165) is 35.5 Å². The molecule has 2 rings (SSSR count). The summed E-state index contributed by atoms with van der Waals surface area (Å²) in [4.78, 5) is 0.439. The van der Waals surface area contributed by atoms with Crippen molar-refractivity contribution >= 4 is 22.9 Å². The van der Waals surface area contributed by atoms with Crippen LogP contribution in [0.15, 0.2) is 24.4 Å². The fourth-order valence-electron chi connectivity index (χ4n) is 2.28. The lowest BCUT2D eigenvalue weighted by Crippen LogP contribution is -2.11. The predicted octanol–water partition coefficient (Wildman–Crippen LogP) is 2.54. The van der Waals surface area contributed by atoms with E-state index in [1.165, 1.54) is 5.56 Å². The van der Waals surface area contributed by atoms with Crippen molar-refractivity contribution in [2.45, 2.75) is 26.8 Å². The molecule has 20 heavy (non-hydrogen) atoms. The van der Waals surface area contributed by atoms with Crippen molar-refractivity contribution in [3.63, 3.8) is 0 Å². The summed E-state index contributed by atoms with van der Waals surface area (Å²) in [5, 5.41) is 7.86. The van der Waals surface area contributed by atoms with Gasteiger partial charge >= 0.3 is 0 Å². The molecule has 0 unspecified atom stereocenters. The molecule has 0 amide bonds. The molecule has 2 aromatic rings. The standard InChI is InChI=1S/C15H20N4S/c1-4-14-11(9-19(3)18-14)8-17-12-5-6-13(15(16)20)10(2)7-12/h5-7,9,17H,4,8H2,1-3H3,(H2,16,20). The van der Waals surface area contributed by atoms with Gasteiger partial charge in [-0.15, -0.1) is 0 Å². The van der Waals surface area contributed by atoms with Gasteiger partial charge in [0.2, 0.25) is 0 Å². The predicted molar refractivity (Wildman–Crippen MR) is 87.0 cm³/mol. The van der Waals surface area contributed by atoms with E-state index >= 15 is 0 Å². The first-order valence-corrected chi connectivity index (χ1v) is 7.07. The molecule has 0 saturated carbocycles. The highest BCUT2D eigenvalue weighted by Crippen LogP contribution is 2.17. The van der Waals surface area contributed by atoms with Crippen molar-refractivity contribution in [2.24, 2.45) is 12.8 Å². The number of rotatable bonds is 5. The second-order valence-electron chi connectivity index (χ2n) is 4.88. The molecule has 0 aliphatic rings. The zero-order chi connectivity index (χ0) is 14.7. The number of aromatic nitrogens is 2. The lowest BCUT2D eigenvalue weighted by atomic mass is 10.1. The van der Waals surface area contributed by atoms with E-state index in [-0.39, 0.29) is 0 Å². The first-order valence-electron chi connectivity index (χ1n) is 6.67. The van der Waals surface area contributed by atoms with Gasteiger partial charge in [0.05, 0.1) is 5.69 Å². The van der Waals surface area contributed by atoms with E-state index in [1.54, 1.807) is 0 Å². The fraction of sp³-hybridized carbons (Fsp3) is 0.333. The molecule has 1 aromatic heterocycles. The van der Waals surface area contributed by atoms with Crippen molar-refractivity contribution in [1.82, 2.24) is 9.78 Å². The smallest absolute Gasteiger partial charge is 0.104 e. The van der Waals surface area contributed by atoms with Crippen molar-refractivity contribution in [3.05, 3.63) is 46.8 Å². The Labute approximate surface area is 125 Å². The minimum atomic E-state index is 0.439. The number of aryl methyl sites for hydroxylation is 3. The van der Waals surface area contributed by atoms with Crippen LogP contribution in [0.25, 0.3) is 0 Å². The number of nitrogens with one attached hydrogen (secondary N) is 1. The van der Waals surface area contributed by atoms with E-state index in [2.05, 4.69) is 29.6 Å². The maximum absolute atomic E-state index is 5.67. The molecular weight excluding hydrogens is 268 g/mol. The average molecular weight is 288 g/mol. The van der Waals surface area contributed by atoms with Crippen LogP contribution >= 0.6 is 12.2 Å². The minimum Gasteiger partial charge on any atom is -0.389 e. The zero-order valence-electron chi connectivity index (χ0n) is 12.1. The highest BCUT2D eigenvalue weighted by atomic mass is 32.1. The molecule has 1 aromatic carbocycles. The first-order chi connectivity index (χ1) is 9.51. The van der Waals surface area contributed by atoms with Gasteiger partial charge in [-0.2, -0.15) is 5.10 Å². The normalized spacial score (nSPS) is 10.6. The molecule has 1 heterocycles. The summed E-state index contributed by atoms with van der Waals surface area (Å²) >= 11 is 5.02. The van der Waals surface area contributed by atoms with E-state index in [4.69, 9.17) is 18.0 Å². The van der Waals surface area contributed by atoms with Crippen LogP contribution in [0.1, 0.15) is 29.3 Å². The number of benzene rings is 1. The molecule has 0 aliphatic carbocycles. The Morgan fingerprint density at radius 3 is 2.80 bits per heavy atom. The van der Waals surface area contributed by atoms with Gasteiger partial charge in [-0.3, -0.25) is 4.68 Å². The van der Waals surface area contributed by atoms with Crippen LogP contribution in [0, 0.1) is 6.92 Å². The van der Waals surface area contributed by atoms with Crippen LogP contribution in [-0.2, 0) is 20.0 Å². The Kier molecular flexibility index (Phi) is 4.39. The number of anilines is 1. The number of nitrogens with two attached hydrogens (primary N) is 1. The summed E-state index contributed by atoms with van der Waals surface area (Å²) in [6.07, 6.45) is 3.00. The Balaban J connectivity index is 2.11. The van der Waals surface area contributed by atoms with Gasteiger partial charge in [-0.05, 0) is 37.1 Å². The summed E-state index contributed by atoms with van der Waals surface area (Å²) in [5.41, 5.74) is 11.1. The summed E-state index contributed by atoms with van der Waals surface area (Å²) in [6, 6.07) is 6.03. The molecule has 0 spiro atoms. The number of hydrogen-bond donors (Lipinski definition) is 2. The second-order valence-corrected chi connectivity index (χ2v) is 5.32. The Bertz CT molecular complexity index is 631. The molecule has 4 nitrogen and oxygen atoms in total. The highest BCUT2D eigenvalue weighted by molar-refractivity contribution is 7.80. The molecule has 0 fully saturated rings. The van der Waals surface area contributed by atoms with Gasteiger partial charge in [0.15, 0.2) is 0 Å². The second kappa shape index (κ2) is 6.05. The molecule has 0 atom stereocenters. The maximum Gasteiger partial charge on any atom is 0.104 e. The van der Waals surface area contributed by atoms with E-state index in [0.29, 0.717) is 4.99 Å². The highest BCUT2D eigenvalue weighted by Gasteiger charge is 2.06. The van der Waals surface area contributed by atoms with Crippen LogP contribution in [0.3, 0.4) is 0 Å². The SMILES string of the molecule is CCc1nn(C)cc1CNc1ccc(C(N)=S)c(C)c1. The Morgan fingerprint density at radius 2 is 2.20 bits per heavy atom. The van der Waals surface area contributed by atoms with Crippen molar-refractivity contribution in [3.8, 4) is 0 Å².